The minimum atomic E-state index is -4.29. The van der Waals surface area contributed by atoms with E-state index in [2.05, 4.69) is 9.84 Å². The Kier molecular flexibility index (Phi) is 5.04. The summed E-state index contributed by atoms with van der Waals surface area (Å²) in [5.74, 6) is 0. The molecule has 0 aliphatic carbocycles. The summed E-state index contributed by atoms with van der Waals surface area (Å²) in [6.45, 7) is 4.53. The van der Waals surface area contributed by atoms with Gasteiger partial charge in [0.1, 0.15) is 6.61 Å². The Morgan fingerprint density at radius 1 is 1.39 bits per heavy atom. The number of rotatable bonds is 5. The fraction of sp³-hybridized carbons (Fsp3) is 0.727. The molecule has 1 unspecified atom stereocenters. The number of alkyl halides is 4. The first kappa shape index (κ1) is 15.3. The molecule has 0 spiro atoms. The molecule has 18 heavy (non-hydrogen) atoms. The van der Waals surface area contributed by atoms with Gasteiger partial charge in [-0.2, -0.15) is 18.3 Å². The van der Waals surface area contributed by atoms with Crippen molar-refractivity contribution in [2.75, 3.05) is 13.2 Å². The van der Waals surface area contributed by atoms with Crippen molar-refractivity contribution < 1.29 is 17.9 Å². The lowest BCUT2D eigenvalue weighted by molar-refractivity contribution is -0.174. The van der Waals surface area contributed by atoms with Gasteiger partial charge in [-0.1, -0.05) is 0 Å². The quantitative estimate of drug-likeness (QED) is 0.612. The monoisotopic (exact) mass is 284 g/mol. The second-order valence-corrected chi connectivity index (χ2v) is 4.75. The Labute approximate surface area is 109 Å². The van der Waals surface area contributed by atoms with Crippen molar-refractivity contribution in [3.05, 3.63) is 17.0 Å². The van der Waals surface area contributed by atoms with Crippen LogP contribution in [-0.2, 0) is 11.3 Å². The van der Waals surface area contributed by atoms with Crippen LogP contribution >= 0.6 is 11.6 Å². The van der Waals surface area contributed by atoms with Gasteiger partial charge in [0, 0.05) is 11.3 Å². The van der Waals surface area contributed by atoms with Gasteiger partial charge < -0.3 is 4.74 Å². The zero-order valence-electron chi connectivity index (χ0n) is 10.5. The summed E-state index contributed by atoms with van der Waals surface area (Å²) in [6, 6.07) is 0. The second-order valence-electron chi connectivity index (χ2n) is 4.09. The van der Waals surface area contributed by atoms with Crippen LogP contribution in [0, 0.1) is 13.8 Å². The van der Waals surface area contributed by atoms with Gasteiger partial charge in [0.25, 0.3) is 0 Å². The van der Waals surface area contributed by atoms with Crippen molar-refractivity contribution in [3.8, 4) is 0 Å². The molecule has 0 aliphatic rings. The zero-order chi connectivity index (χ0) is 13.9. The maximum absolute atomic E-state index is 11.9. The number of halogens is 4. The lowest BCUT2D eigenvalue weighted by Crippen LogP contribution is -2.19. The van der Waals surface area contributed by atoms with Crippen LogP contribution in [0.5, 0.6) is 0 Å². The molecule has 1 heterocycles. The van der Waals surface area contributed by atoms with E-state index in [-0.39, 0.29) is 18.5 Å². The summed E-state index contributed by atoms with van der Waals surface area (Å²) in [4.78, 5) is 0. The molecule has 0 radical (unpaired) electrons. The second kappa shape index (κ2) is 5.93. The van der Waals surface area contributed by atoms with Gasteiger partial charge >= 0.3 is 6.18 Å². The van der Waals surface area contributed by atoms with Gasteiger partial charge in [-0.3, -0.25) is 4.68 Å². The molecular formula is C11H16ClF3N2O. The molecule has 1 atom stereocenters. The van der Waals surface area contributed by atoms with Crippen LogP contribution in [0.1, 0.15) is 29.3 Å². The number of ether oxygens (including phenoxy) is 1. The smallest absolute Gasteiger partial charge is 0.370 e. The molecule has 0 aliphatic heterocycles. The van der Waals surface area contributed by atoms with Crippen LogP contribution in [0.2, 0.25) is 0 Å². The highest BCUT2D eigenvalue weighted by molar-refractivity contribution is 6.20. The first-order chi connectivity index (χ1) is 8.22. The van der Waals surface area contributed by atoms with Crippen LogP contribution in [0.4, 0.5) is 13.2 Å². The predicted octanol–water partition coefficient (Wildman–Crippen LogP) is 3.38. The van der Waals surface area contributed by atoms with Crippen molar-refractivity contribution in [1.29, 1.82) is 0 Å². The van der Waals surface area contributed by atoms with E-state index in [1.807, 2.05) is 20.8 Å². The number of aryl methyl sites for hydroxylation is 1. The number of aromatic nitrogens is 2. The van der Waals surface area contributed by atoms with Crippen molar-refractivity contribution >= 4 is 11.6 Å². The third-order valence-electron chi connectivity index (χ3n) is 2.55. The first-order valence-corrected chi connectivity index (χ1v) is 5.98. The van der Waals surface area contributed by atoms with Crippen molar-refractivity contribution in [3.63, 3.8) is 0 Å². The third kappa shape index (κ3) is 4.17. The van der Waals surface area contributed by atoms with E-state index in [1.165, 1.54) is 0 Å². The van der Waals surface area contributed by atoms with E-state index in [1.54, 1.807) is 4.68 Å². The van der Waals surface area contributed by atoms with Crippen molar-refractivity contribution in [2.45, 2.75) is 38.9 Å². The Bertz CT molecular complexity index is 402. The predicted molar refractivity (Wildman–Crippen MR) is 62.8 cm³/mol. The molecule has 0 saturated heterocycles. The van der Waals surface area contributed by atoms with Gasteiger partial charge in [0.2, 0.25) is 0 Å². The van der Waals surface area contributed by atoms with Crippen LogP contribution < -0.4 is 0 Å². The Balaban J connectivity index is 2.56. The fourth-order valence-corrected chi connectivity index (χ4v) is 2.16. The molecule has 0 fully saturated rings. The maximum Gasteiger partial charge on any atom is 0.411 e. The summed E-state index contributed by atoms with van der Waals surface area (Å²) in [7, 11) is 0. The average molecular weight is 285 g/mol. The molecule has 3 nitrogen and oxygen atoms in total. The Hall–Kier alpha value is -0.750. The van der Waals surface area contributed by atoms with Crippen LogP contribution in [0.3, 0.4) is 0 Å². The largest absolute Gasteiger partial charge is 0.411 e. The maximum atomic E-state index is 11.9. The Morgan fingerprint density at radius 2 is 2.00 bits per heavy atom. The van der Waals surface area contributed by atoms with E-state index in [9.17, 15) is 13.2 Å². The van der Waals surface area contributed by atoms with Crippen molar-refractivity contribution in [2.24, 2.45) is 0 Å². The molecule has 0 N–H and O–H groups in total. The highest BCUT2D eigenvalue weighted by Crippen LogP contribution is 2.26. The molecule has 104 valence electrons. The molecule has 7 heteroatoms. The molecule has 1 aromatic heterocycles. The van der Waals surface area contributed by atoms with Crippen molar-refractivity contribution in [1.82, 2.24) is 9.78 Å². The summed E-state index contributed by atoms with van der Waals surface area (Å²) >= 11 is 6.01. The summed E-state index contributed by atoms with van der Waals surface area (Å²) in [6.07, 6.45) is -4.29. The lowest BCUT2D eigenvalue weighted by atomic mass is 10.1. The molecular weight excluding hydrogens is 269 g/mol. The van der Waals surface area contributed by atoms with E-state index in [0.29, 0.717) is 0 Å². The topological polar surface area (TPSA) is 27.1 Å². The standard InChI is InChI=1S/C11H16ClF3N2O/c1-7(12)10-8(2)16-17(9(10)3)4-5-18-6-11(13,14)15/h7H,4-6H2,1-3H3. The third-order valence-corrected chi connectivity index (χ3v) is 2.77. The number of hydrogen-bond acceptors (Lipinski definition) is 2. The van der Waals surface area contributed by atoms with Gasteiger partial charge in [-0.15, -0.1) is 11.6 Å². The summed E-state index contributed by atoms with van der Waals surface area (Å²) in [5, 5.41) is 4.06. The van der Waals surface area contributed by atoms with E-state index in [0.717, 1.165) is 17.0 Å². The first-order valence-electron chi connectivity index (χ1n) is 5.55. The van der Waals surface area contributed by atoms with Crippen LogP contribution in [-0.4, -0.2) is 29.2 Å². The van der Waals surface area contributed by atoms with E-state index >= 15 is 0 Å². The molecule has 0 amide bonds. The van der Waals surface area contributed by atoms with Gasteiger partial charge in [-0.25, -0.2) is 0 Å². The average Bonchev–Trinajstić information content (AvgIpc) is 2.47. The van der Waals surface area contributed by atoms with Gasteiger partial charge in [-0.05, 0) is 20.8 Å². The minimum Gasteiger partial charge on any atom is -0.370 e. The van der Waals surface area contributed by atoms with E-state index in [4.69, 9.17) is 11.6 Å². The number of nitrogens with zero attached hydrogens (tertiary/aromatic N) is 2. The molecule has 1 rings (SSSR count). The Morgan fingerprint density at radius 3 is 2.44 bits per heavy atom. The normalized spacial score (nSPS) is 13.9. The molecule has 0 bridgehead atoms. The van der Waals surface area contributed by atoms with E-state index < -0.39 is 12.8 Å². The van der Waals surface area contributed by atoms with Gasteiger partial charge in [0.15, 0.2) is 0 Å². The SMILES string of the molecule is Cc1nn(CCOCC(F)(F)F)c(C)c1C(C)Cl. The lowest BCUT2D eigenvalue weighted by Gasteiger charge is -2.09. The molecule has 0 saturated carbocycles. The highest BCUT2D eigenvalue weighted by Gasteiger charge is 2.27. The van der Waals surface area contributed by atoms with Gasteiger partial charge in [0.05, 0.1) is 24.2 Å². The molecule has 1 aromatic rings. The summed E-state index contributed by atoms with van der Waals surface area (Å²) < 4.78 is 41.8. The number of hydrogen-bond donors (Lipinski definition) is 0. The fourth-order valence-electron chi connectivity index (χ4n) is 1.84. The van der Waals surface area contributed by atoms with Crippen LogP contribution in [0.25, 0.3) is 0 Å². The molecule has 0 aromatic carbocycles. The summed E-state index contributed by atoms with van der Waals surface area (Å²) in [5.41, 5.74) is 2.59. The zero-order valence-corrected chi connectivity index (χ0v) is 11.3. The minimum absolute atomic E-state index is 0.0302. The highest BCUT2D eigenvalue weighted by atomic mass is 35.5. The van der Waals surface area contributed by atoms with Crippen LogP contribution in [0.15, 0.2) is 0 Å².